The van der Waals surface area contributed by atoms with Gasteiger partial charge in [-0.05, 0) is 18.6 Å². The van der Waals surface area contributed by atoms with Gasteiger partial charge >= 0.3 is 0 Å². The lowest BCUT2D eigenvalue weighted by Crippen LogP contribution is -2.23. The summed E-state index contributed by atoms with van der Waals surface area (Å²) in [6, 6.07) is 4.13. The van der Waals surface area contributed by atoms with Crippen LogP contribution >= 0.6 is 11.3 Å². The van der Waals surface area contributed by atoms with E-state index in [0.29, 0.717) is 18.1 Å². The van der Waals surface area contributed by atoms with E-state index in [-0.39, 0.29) is 5.91 Å². The fraction of sp³-hybridized carbons (Fsp3) is 0.308. The number of amides is 1. The molecular formula is C13H16N4OS. The van der Waals surface area contributed by atoms with E-state index in [4.69, 9.17) is 0 Å². The molecule has 1 amide bonds. The van der Waals surface area contributed by atoms with Gasteiger partial charge in [-0.15, -0.1) is 11.3 Å². The SMILES string of the molecule is CCc1ccc(CNC(=O)c2cncc(NC)n2)s1. The fourth-order valence-corrected chi connectivity index (χ4v) is 2.46. The highest BCUT2D eigenvalue weighted by Gasteiger charge is 2.08. The van der Waals surface area contributed by atoms with E-state index in [9.17, 15) is 4.79 Å². The van der Waals surface area contributed by atoms with Crippen molar-refractivity contribution in [1.29, 1.82) is 0 Å². The van der Waals surface area contributed by atoms with Crippen LogP contribution in [0.5, 0.6) is 0 Å². The average Bonchev–Trinajstić information content (AvgIpc) is 2.93. The van der Waals surface area contributed by atoms with Crippen molar-refractivity contribution in [3.8, 4) is 0 Å². The highest BCUT2D eigenvalue weighted by atomic mass is 32.1. The first-order chi connectivity index (χ1) is 9.22. The predicted molar refractivity (Wildman–Crippen MR) is 76.4 cm³/mol. The van der Waals surface area contributed by atoms with Crippen LogP contribution in [0, 0.1) is 0 Å². The third-order valence-electron chi connectivity index (χ3n) is 2.61. The van der Waals surface area contributed by atoms with Crippen LogP contribution in [0.4, 0.5) is 5.82 Å². The average molecular weight is 276 g/mol. The number of carbonyl (C=O) groups excluding carboxylic acids is 1. The predicted octanol–water partition coefficient (Wildman–Crippen LogP) is 2.07. The van der Waals surface area contributed by atoms with Gasteiger partial charge in [0.2, 0.25) is 0 Å². The van der Waals surface area contributed by atoms with Gasteiger partial charge in [0.1, 0.15) is 11.5 Å². The fourth-order valence-electron chi connectivity index (χ4n) is 1.56. The Morgan fingerprint density at radius 3 is 2.79 bits per heavy atom. The number of carbonyl (C=O) groups is 1. The Kier molecular flexibility index (Phi) is 4.46. The third kappa shape index (κ3) is 3.51. The summed E-state index contributed by atoms with van der Waals surface area (Å²) in [5, 5.41) is 5.70. The number of anilines is 1. The van der Waals surface area contributed by atoms with Gasteiger partial charge in [0.25, 0.3) is 5.91 Å². The normalized spacial score (nSPS) is 10.2. The maximum atomic E-state index is 11.9. The largest absolute Gasteiger partial charge is 0.372 e. The second kappa shape index (κ2) is 6.29. The van der Waals surface area contributed by atoms with Crippen molar-refractivity contribution in [3.63, 3.8) is 0 Å². The van der Waals surface area contributed by atoms with E-state index >= 15 is 0 Å². The minimum Gasteiger partial charge on any atom is -0.372 e. The Morgan fingerprint density at radius 2 is 2.11 bits per heavy atom. The quantitative estimate of drug-likeness (QED) is 0.877. The molecule has 2 N–H and O–H groups in total. The number of aryl methyl sites for hydroxylation is 1. The first-order valence-corrected chi connectivity index (χ1v) is 6.90. The summed E-state index contributed by atoms with van der Waals surface area (Å²) >= 11 is 1.71. The number of rotatable bonds is 5. The zero-order valence-electron chi connectivity index (χ0n) is 10.9. The van der Waals surface area contributed by atoms with Gasteiger partial charge in [0.15, 0.2) is 0 Å². The first-order valence-electron chi connectivity index (χ1n) is 6.08. The Hall–Kier alpha value is -1.95. The maximum Gasteiger partial charge on any atom is 0.271 e. The molecule has 5 nitrogen and oxygen atoms in total. The van der Waals surface area contributed by atoms with Crippen LogP contribution in [0.3, 0.4) is 0 Å². The van der Waals surface area contributed by atoms with Gasteiger partial charge in [0.05, 0.1) is 18.9 Å². The number of nitrogens with one attached hydrogen (secondary N) is 2. The summed E-state index contributed by atoms with van der Waals surface area (Å²) in [7, 11) is 1.74. The molecule has 2 rings (SSSR count). The summed E-state index contributed by atoms with van der Waals surface area (Å²) in [5.41, 5.74) is 0.319. The smallest absolute Gasteiger partial charge is 0.271 e. The molecule has 0 unspecified atom stereocenters. The van der Waals surface area contributed by atoms with Crippen LogP contribution in [-0.4, -0.2) is 22.9 Å². The molecule has 2 heterocycles. The molecule has 0 fully saturated rings. The summed E-state index contributed by atoms with van der Waals surface area (Å²) in [4.78, 5) is 22.5. The molecular weight excluding hydrogens is 260 g/mol. The Labute approximate surface area is 116 Å². The van der Waals surface area contributed by atoms with Gasteiger partial charge in [-0.3, -0.25) is 9.78 Å². The Bertz CT molecular complexity index is 567. The third-order valence-corrected chi connectivity index (χ3v) is 3.84. The molecule has 0 spiro atoms. The van der Waals surface area contributed by atoms with Crippen LogP contribution < -0.4 is 10.6 Å². The summed E-state index contributed by atoms with van der Waals surface area (Å²) in [6.45, 7) is 2.64. The van der Waals surface area contributed by atoms with Crippen LogP contribution in [0.25, 0.3) is 0 Å². The second-order valence-corrected chi connectivity index (χ2v) is 5.20. The number of thiophene rings is 1. The van der Waals surface area contributed by atoms with E-state index in [0.717, 1.165) is 11.3 Å². The molecule has 0 radical (unpaired) electrons. The topological polar surface area (TPSA) is 66.9 Å². The number of hydrogen-bond donors (Lipinski definition) is 2. The molecule has 0 saturated heterocycles. The summed E-state index contributed by atoms with van der Waals surface area (Å²) in [5.74, 6) is 0.369. The Morgan fingerprint density at radius 1 is 1.32 bits per heavy atom. The number of hydrogen-bond acceptors (Lipinski definition) is 5. The van der Waals surface area contributed by atoms with Crippen molar-refractivity contribution in [2.45, 2.75) is 19.9 Å². The van der Waals surface area contributed by atoms with Gasteiger partial charge in [0, 0.05) is 16.8 Å². The summed E-state index contributed by atoms with van der Waals surface area (Å²) in [6.07, 6.45) is 4.06. The molecule has 2 aromatic rings. The van der Waals surface area contributed by atoms with Crippen LogP contribution in [-0.2, 0) is 13.0 Å². The van der Waals surface area contributed by atoms with E-state index in [1.807, 2.05) is 6.07 Å². The molecule has 0 aromatic carbocycles. The van der Waals surface area contributed by atoms with Gasteiger partial charge in [-0.2, -0.15) is 0 Å². The molecule has 100 valence electrons. The van der Waals surface area contributed by atoms with Crippen molar-refractivity contribution < 1.29 is 4.79 Å². The molecule has 0 aliphatic heterocycles. The van der Waals surface area contributed by atoms with Crippen molar-refractivity contribution in [2.24, 2.45) is 0 Å². The lowest BCUT2D eigenvalue weighted by Gasteiger charge is -2.04. The zero-order valence-corrected chi connectivity index (χ0v) is 11.8. The lowest BCUT2D eigenvalue weighted by atomic mass is 10.3. The van der Waals surface area contributed by atoms with Gasteiger partial charge in [-0.25, -0.2) is 4.98 Å². The van der Waals surface area contributed by atoms with Crippen molar-refractivity contribution in [3.05, 3.63) is 40.0 Å². The van der Waals surface area contributed by atoms with Crippen molar-refractivity contribution >= 4 is 23.1 Å². The van der Waals surface area contributed by atoms with E-state index in [1.165, 1.54) is 11.1 Å². The van der Waals surface area contributed by atoms with E-state index in [2.05, 4.69) is 33.6 Å². The van der Waals surface area contributed by atoms with Crippen molar-refractivity contribution in [2.75, 3.05) is 12.4 Å². The first kappa shape index (κ1) is 13.5. The molecule has 19 heavy (non-hydrogen) atoms. The highest BCUT2D eigenvalue weighted by Crippen LogP contribution is 2.16. The monoisotopic (exact) mass is 276 g/mol. The van der Waals surface area contributed by atoms with E-state index < -0.39 is 0 Å². The maximum absolute atomic E-state index is 11.9. The lowest BCUT2D eigenvalue weighted by molar-refractivity contribution is 0.0946. The molecule has 0 saturated carbocycles. The standard InChI is InChI=1S/C13H16N4OS/c1-3-9-4-5-10(19-9)6-16-13(18)11-7-15-8-12(14-2)17-11/h4-5,7-8H,3,6H2,1-2H3,(H,14,17)(H,16,18). The molecule has 0 atom stereocenters. The molecule has 0 aliphatic rings. The zero-order chi connectivity index (χ0) is 13.7. The molecule has 0 aliphatic carbocycles. The Balaban J connectivity index is 1.96. The van der Waals surface area contributed by atoms with Crippen LogP contribution in [0.1, 0.15) is 27.2 Å². The highest BCUT2D eigenvalue weighted by molar-refractivity contribution is 7.11. The second-order valence-electron chi connectivity index (χ2n) is 3.94. The number of nitrogens with zero attached hydrogens (tertiary/aromatic N) is 2. The van der Waals surface area contributed by atoms with Crippen LogP contribution in [0.15, 0.2) is 24.5 Å². The van der Waals surface area contributed by atoms with Crippen molar-refractivity contribution in [1.82, 2.24) is 15.3 Å². The summed E-state index contributed by atoms with van der Waals surface area (Å²) < 4.78 is 0. The minimum absolute atomic E-state index is 0.212. The van der Waals surface area contributed by atoms with Gasteiger partial charge in [-0.1, -0.05) is 6.92 Å². The van der Waals surface area contributed by atoms with E-state index in [1.54, 1.807) is 24.6 Å². The molecule has 0 bridgehead atoms. The molecule has 6 heteroatoms. The number of aromatic nitrogens is 2. The van der Waals surface area contributed by atoms with Crippen LogP contribution in [0.2, 0.25) is 0 Å². The minimum atomic E-state index is -0.212. The van der Waals surface area contributed by atoms with Gasteiger partial charge < -0.3 is 10.6 Å². The molecule has 2 aromatic heterocycles.